The number of phenolic OH excluding ortho intramolecular Hbond substituents is 1. The maximum absolute atomic E-state index is 11.8. The Kier molecular flexibility index (Phi) is 3.50. The second kappa shape index (κ2) is 5.08. The fraction of sp³-hybridized carbons (Fsp3) is 0.385. The summed E-state index contributed by atoms with van der Waals surface area (Å²) in [6.45, 7) is 2.04. The second-order valence-corrected chi connectivity index (χ2v) is 4.24. The summed E-state index contributed by atoms with van der Waals surface area (Å²) in [4.78, 5) is 23.2. The zero-order valence-electron chi connectivity index (χ0n) is 10.1. The monoisotopic (exact) mass is 249 g/mol. The van der Waals surface area contributed by atoms with Gasteiger partial charge in [0.25, 0.3) is 0 Å². The van der Waals surface area contributed by atoms with Crippen LogP contribution in [0.5, 0.6) is 5.75 Å². The van der Waals surface area contributed by atoms with E-state index in [0.29, 0.717) is 18.7 Å². The molecule has 0 fully saturated rings. The SMILES string of the molecule is CCOC(=O)CC1Cc2cc(O)ccc2NC1=O. The third-order valence-corrected chi connectivity index (χ3v) is 2.90. The maximum atomic E-state index is 11.8. The van der Waals surface area contributed by atoms with E-state index in [2.05, 4.69) is 5.32 Å². The van der Waals surface area contributed by atoms with Crippen molar-refractivity contribution in [1.82, 2.24) is 0 Å². The first-order chi connectivity index (χ1) is 8.60. The number of aromatic hydroxyl groups is 1. The molecule has 2 rings (SSSR count). The van der Waals surface area contributed by atoms with E-state index in [0.717, 1.165) is 5.56 Å². The zero-order chi connectivity index (χ0) is 13.1. The molecule has 1 aromatic rings. The summed E-state index contributed by atoms with van der Waals surface area (Å²) in [7, 11) is 0. The number of carbonyl (C=O) groups is 2. The van der Waals surface area contributed by atoms with Crippen molar-refractivity contribution in [3.8, 4) is 5.75 Å². The van der Waals surface area contributed by atoms with Crippen molar-refractivity contribution in [2.45, 2.75) is 19.8 Å². The minimum atomic E-state index is -0.432. The Morgan fingerprint density at radius 2 is 2.33 bits per heavy atom. The second-order valence-electron chi connectivity index (χ2n) is 4.24. The molecule has 0 radical (unpaired) electrons. The predicted octanol–water partition coefficient (Wildman–Crippen LogP) is 1.46. The molecule has 0 bridgehead atoms. The first-order valence-corrected chi connectivity index (χ1v) is 5.88. The average Bonchev–Trinajstić information content (AvgIpc) is 2.31. The van der Waals surface area contributed by atoms with Gasteiger partial charge in [0.2, 0.25) is 5.91 Å². The lowest BCUT2D eigenvalue weighted by Crippen LogP contribution is -2.31. The predicted molar refractivity (Wildman–Crippen MR) is 65.2 cm³/mol. The van der Waals surface area contributed by atoms with Gasteiger partial charge in [-0.25, -0.2) is 0 Å². The number of hydrogen-bond acceptors (Lipinski definition) is 4. The van der Waals surface area contributed by atoms with Gasteiger partial charge >= 0.3 is 5.97 Å². The summed E-state index contributed by atoms with van der Waals surface area (Å²) in [5, 5.41) is 12.1. The standard InChI is InChI=1S/C13H15NO4/c1-2-18-12(16)7-9-5-8-6-10(15)3-4-11(8)14-13(9)17/h3-4,6,9,15H,2,5,7H2,1H3,(H,14,17). The first-order valence-electron chi connectivity index (χ1n) is 5.88. The van der Waals surface area contributed by atoms with Gasteiger partial charge < -0.3 is 15.2 Å². The topological polar surface area (TPSA) is 75.6 Å². The molecule has 1 unspecified atom stereocenters. The Hall–Kier alpha value is -2.04. The summed E-state index contributed by atoms with van der Waals surface area (Å²) in [5.41, 5.74) is 1.53. The largest absolute Gasteiger partial charge is 0.508 e. The maximum Gasteiger partial charge on any atom is 0.306 e. The number of phenols is 1. The molecule has 96 valence electrons. The van der Waals surface area contributed by atoms with Crippen LogP contribution in [0, 0.1) is 5.92 Å². The third-order valence-electron chi connectivity index (χ3n) is 2.90. The van der Waals surface area contributed by atoms with Gasteiger partial charge in [-0.2, -0.15) is 0 Å². The number of hydrogen-bond donors (Lipinski definition) is 2. The number of anilines is 1. The molecular weight excluding hydrogens is 234 g/mol. The number of ether oxygens (including phenoxy) is 1. The lowest BCUT2D eigenvalue weighted by atomic mass is 9.90. The molecule has 5 heteroatoms. The molecule has 1 aliphatic heterocycles. The van der Waals surface area contributed by atoms with Gasteiger partial charge in [-0.1, -0.05) is 0 Å². The van der Waals surface area contributed by atoms with Gasteiger partial charge in [-0.15, -0.1) is 0 Å². The number of benzene rings is 1. The van der Waals surface area contributed by atoms with Gasteiger partial charge in [-0.3, -0.25) is 9.59 Å². The number of nitrogens with one attached hydrogen (secondary N) is 1. The van der Waals surface area contributed by atoms with E-state index in [1.165, 1.54) is 6.07 Å². The number of carbonyl (C=O) groups excluding carboxylic acids is 2. The molecule has 1 aromatic carbocycles. The van der Waals surface area contributed by atoms with Crippen molar-refractivity contribution in [3.05, 3.63) is 23.8 Å². The fourth-order valence-corrected chi connectivity index (χ4v) is 2.05. The van der Waals surface area contributed by atoms with E-state index in [1.807, 2.05) is 0 Å². The van der Waals surface area contributed by atoms with Crippen LogP contribution in [-0.4, -0.2) is 23.6 Å². The molecule has 0 saturated heterocycles. The Morgan fingerprint density at radius 1 is 1.56 bits per heavy atom. The van der Waals surface area contributed by atoms with Crippen LogP contribution < -0.4 is 5.32 Å². The van der Waals surface area contributed by atoms with Crippen molar-refractivity contribution in [2.75, 3.05) is 11.9 Å². The van der Waals surface area contributed by atoms with Crippen LogP contribution in [-0.2, 0) is 20.7 Å². The average molecular weight is 249 g/mol. The van der Waals surface area contributed by atoms with Crippen LogP contribution in [0.3, 0.4) is 0 Å². The van der Waals surface area contributed by atoms with Crippen molar-refractivity contribution < 1.29 is 19.4 Å². The molecule has 0 spiro atoms. The van der Waals surface area contributed by atoms with E-state index in [-0.39, 0.29) is 24.0 Å². The fourth-order valence-electron chi connectivity index (χ4n) is 2.05. The van der Waals surface area contributed by atoms with E-state index < -0.39 is 5.92 Å². The van der Waals surface area contributed by atoms with Crippen molar-refractivity contribution in [3.63, 3.8) is 0 Å². The molecule has 0 aromatic heterocycles. The number of rotatable bonds is 3. The highest BCUT2D eigenvalue weighted by molar-refractivity contribution is 5.97. The first kappa shape index (κ1) is 12.4. The third kappa shape index (κ3) is 2.61. The summed E-state index contributed by atoms with van der Waals surface area (Å²) in [6.07, 6.45) is 0.503. The van der Waals surface area contributed by atoms with Gasteiger partial charge in [-0.05, 0) is 37.1 Å². The van der Waals surface area contributed by atoms with Crippen molar-refractivity contribution in [1.29, 1.82) is 0 Å². The molecule has 0 aliphatic carbocycles. The summed E-state index contributed by atoms with van der Waals surface area (Å²) < 4.78 is 4.84. The molecule has 1 aliphatic rings. The Morgan fingerprint density at radius 3 is 3.06 bits per heavy atom. The van der Waals surface area contributed by atoms with Crippen molar-refractivity contribution in [2.24, 2.45) is 5.92 Å². The quantitative estimate of drug-likeness (QED) is 0.628. The lowest BCUT2D eigenvalue weighted by Gasteiger charge is -2.24. The Balaban J connectivity index is 2.12. The highest BCUT2D eigenvalue weighted by Crippen LogP contribution is 2.30. The number of esters is 1. The molecule has 1 atom stereocenters. The number of amides is 1. The Bertz CT molecular complexity index is 484. The van der Waals surface area contributed by atoms with Gasteiger partial charge in [0, 0.05) is 5.69 Å². The van der Waals surface area contributed by atoms with E-state index >= 15 is 0 Å². The molecule has 5 nitrogen and oxygen atoms in total. The highest BCUT2D eigenvalue weighted by Gasteiger charge is 2.28. The van der Waals surface area contributed by atoms with Crippen LogP contribution in [0.15, 0.2) is 18.2 Å². The molecular formula is C13H15NO4. The van der Waals surface area contributed by atoms with E-state index in [4.69, 9.17) is 4.74 Å². The lowest BCUT2D eigenvalue weighted by molar-refractivity contribution is -0.145. The number of fused-ring (bicyclic) bond motifs is 1. The Labute approximate surface area is 105 Å². The minimum Gasteiger partial charge on any atom is -0.508 e. The minimum absolute atomic E-state index is 0.0643. The van der Waals surface area contributed by atoms with Gasteiger partial charge in [0.05, 0.1) is 18.9 Å². The summed E-state index contributed by atoms with van der Waals surface area (Å²) in [5.74, 6) is -0.833. The van der Waals surface area contributed by atoms with E-state index in [1.54, 1.807) is 19.1 Å². The van der Waals surface area contributed by atoms with Crippen LogP contribution in [0.25, 0.3) is 0 Å². The molecule has 0 saturated carbocycles. The molecule has 1 heterocycles. The zero-order valence-corrected chi connectivity index (χ0v) is 10.1. The van der Waals surface area contributed by atoms with Crippen LogP contribution in [0.4, 0.5) is 5.69 Å². The smallest absolute Gasteiger partial charge is 0.306 e. The molecule has 2 N–H and O–H groups in total. The van der Waals surface area contributed by atoms with Crippen molar-refractivity contribution >= 4 is 17.6 Å². The van der Waals surface area contributed by atoms with E-state index in [9.17, 15) is 14.7 Å². The van der Waals surface area contributed by atoms with Crippen LogP contribution in [0.1, 0.15) is 18.9 Å². The van der Waals surface area contributed by atoms with Crippen LogP contribution >= 0.6 is 0 Å². The van der Waals surface area contributed by atoms with Gasteiger partial charge in [0.1, 0.15) is 5.75 Å². The van der Waals surface area contributed by atoms with Gasteiger partial charge in [0.15, 0.2) is 0 Å². The summed E-state index contributed by atoms with van der Waals surface area (Å²) >= 11 is 0. The molecule has 1 amide bonds. The normalized spacial score (nSPS) is 17.8. The van der Waals surface area contributed by atoms with Crippen LogP contribution in [0.2, 0.25) is 0 Å². The highest BCUT2D eigenvalue weighted by atomic mass is 16.5. The molecule has 18 heavy (non-hydrogen) atoms. The summed E-state index contributed by atoms with van der Waals surface area (Å²) in [6, 6.07) is 4.78.